The Morgan fingerprint density at radius 2 is 2.25 bits per heavy atom. The van der Waals surface area contributed by atoms with Gasteiger partial charge in [-0.05, 0) is 48.9 Å². The first kappa shape index (κ1) is 11.5. The molecule has 1 aromatic carbocycles. The minimum atomic E-state index is 1.12. The Labute approximate surface area is 99.3 Å². The van der Waals surface area contributed by atoms with Gasteiger partial charge in [-0.25, -0.2) is 0 Å². The Morgan fingerprint density at radius 1 is 1.31 bits per heavy atom. The highest BCUT2D eigenvalue weighted by Crippen LogP contribution is 2.23. The second kappa shape index (κ2) is 5.93. The van der Waals surface area contributed by atoms with E-state index in [-0.39, 0.29) is 0 Å². The molecule has 0 saturated carbocycles. The average Bonchev–Trinajstić information content (AvgIpc) is 2.34. The molecule has 2 rings (SSSR count). The van der Waals surface area contributed by atoms with Crippen molar-refractivity contribution in [2.45, 2.75) is 51.9 Å². The number of unbranched alkanes of at least 4 members (excludes halogenated alkanes) is 3. The molecule has 0 fully saturated rings. The van der Waals surface area contributed by atoms with Crippen LogP contribution in [0.3, 0.4) is 0 Å². The monoisotopic (exact) mass is 216 g/mol. The third-order valence-electron chi connectivity index (χ3n) is 3.33. The van der Waals surface area contributed by atoms with Crippen LogP contribution in [-0.4, -0.2) is 6.54 Å². The second-order valence-electron chi connectivity index (χ2n) is 4.74. The van der Waals surface area contributed by atoms with Gasteiger partial charge >= 0.3 is 0 Å². The van der Waals surface area contributed by atoms with Gasteiger partial charge in [0.2, 0.25) is 0 Å². The molecule has 0 amide bonds. The minimum Gasteiger partial charge on any atom is -0.385 e. The van der Waals surface area contributed by atoms with Crippen LogP contribution < -0.4 is 5.32 Å². The topological polar surface area (TPSA) is 12.0 Å². The van der Waals surface area contributed by atoms with Gasteiger partial charge in [0, 0.05) is 12.2 Å². The fourth-order valence-electron chi connectivity index (χ4n) is 2.35. The number of fused-ring (bicyclic) bond motifs is 1. The summed E-state index contributed by atoms with van der Waals surface area (Å²) in [7, 11) is 0. The van der Waals surface area contributed by atoms with Gasteiger partial charge in [-0.15, -0.1) is 0 Å². The van der Waals surface area contributed by atoms with Crippen LogP contribution in [0.5, 0.6) is 0 Å². The molecule has 1 nitrogen and oxygen atoms in total. The minimum absolute atomic E-state index is 1.12. The van der Waals surface area contributed by atoms with Crippen molar-refractivity contribution in [1.29, 1.82) is 0 Å². The molecule has 87 valence electrons. The molecule has 0 spiro atoms. The molecule has 0 atom stereocenters. The first-order valence-electron chi connectivity index (χ1n) is 6.67. The maximum Gasteiger partial charge on any atom is 0.0379 e. The third-order valence-corrected chi connectivity index (χ3v) is 3.33. The number of benzene rings is 1. The molecule has 1 aliphatic rings. The summed E-state index contributed by atoms with van der Waals surface area (Å²) in [6.07, 6.45) is 9.07. The van der Waals surface area contributed by atoms with Crippen molar-refractivity contribution in [3.8, 4) is 0 Å². The molecule has 1 N–H and O–H groups in total. The van der Waals surface area contributed by atoms with Crippen molar-refractivity contribution in [3.05, 3.63) is 29.3 Å². The van der Waals surface area contributed by atoms with E-state index in [1.165, 1.54) is 61.8 Å². The maximum atomic E-state index is 3.43. The highest BCUT2D eigenvalue weighted by molar-refractivity contribution is 5.53. The lowest BCUT2D eigenvalue weighted by Crippen LogP contribution is -2.11. The predicted octanol–water partition coefficient (Wildman–Crippen LogP) is 3.97. The SMILES string of the molecule is CCCCCCc1[c]cc2c(c1)CCCN2. The molecule has 1 heteroatoms. The van der Waals surface area contributed by atoms with E-state index >= 15 is 0 Å². The normalized spacial score (nSPS) is 14.3. The van der Waals surface area contributed by atoms with E-state index in [1.807, 2.05) is 0 Å². The zero-order valence-electron chi connectivity index (χ0n) is 10.3. The summed E-state index contributed by atoms with van der Waals surface area (Å²) in [5.74, 6) is 0. The summed E-state index contributed by atoms with van der Waals surface area (Å²) in [4.78, 5) is 0. The molecular formula is C15H22N. The fraction of sp³-hybridized carbons (Fsp3) is 0.600. The van der Waals surface area contributed by atoms with Crippen LogP contribution in [0.4, 0.5) is 5.69 Å². The number of aryl methyl sites for hydroxylation is 2. The van der Waals surface area contributed by atoms with E-state index in [2.05, 4.69) is 30.4 Å². The Balaban J connectivity index is 1.90. The van der Waals surface area contributed by atoms with Crippen LogP contribution in [0.25, 0.3) is 0 Å². The fourth-order valence-corrected chi connectivity index (χ4v) is 2.35. The summed E-state index contributed by atoms with van der Waals surface area (Å²) in [5.41, 5.74) is 4.21. The van der Waals surface area contributed by atoms with Gasteiger partial charge in [0.25, 0.3) is 0 Å². The van der Waals surface area contributed by atoms with E-state index in [4.69, 9.17) is 0 Å². The van der Waals surface area contributed by atoms with Crippen LogP contribution >= 0.6 is 0 Å². The zero-order valence-corrected chi connectivity index (χ0v) is 10.3. The van der Waals surface area contributed by atoms with Crippen LogP contribution in [0, 0.1) is 6.07 Å². The predicted molar refractivity (Wildman–Crippen MR) is 69.9 cm³/mol. The van der Waals surface area contributed by atoms with Gasteiger partial charge in [-0.3, -0.25) is 0 Å². The van der Waals surface area contributed by atoms with Crippen LogP contribution in [-0.2, 0) is 12.8 Å². The Kier molecular flexibility index (Phi) is 4.26. The molecule has 0 bridgehead atoms. The highest BCUT2D eigenvalue weighted by Gasteiger charge is 2.08. The molecule has 16 heavy (non-hydrogen) atoms. The van der Waals surface area contributed by atoms with Crippen molar-refractivity contribution in [1.82, 2.24) is 0 Å². The smallest absolute Gasteiger partial charge is 0.0379 e. The van der Waals surface area contributed by atoms with Gasteiger partial charge in [0.05, 0.1) is 0 Å². The Morgan fingerprint density at radius 3 is 3.12 bits per heavy atom. The third kappa shape index (κ3) is 3.01. The average molecular weight is 216 g/mol. The molecule has 1 heterocycles. The Hall–Kier alpha value is -0.980. The largest absolute Gasteiger partial charge is 0.385 e. The maximum absolute atomic E-state index is 3.43. The standard InChI is InChI=1S/C15H22N/c1-2-3-4-5-7-13-9-10-15-14(12-13)8-6-11-16-15/h10,12,16H,2-8,11H2,1H3. The second-order valence-corrected chi connectivity index (χ2v) is 4.74. The highest BCUT2D eigenvalue weighted by atomic mass is 14.9. The van der Waals surface area contributed by atoms with Gasteiger partial charge in [-0.2, -0.15) is 0 Å². The molecule has 0 aromatic heterocycles. The number of anilines is 1. The number of hydrogen-bond acceptors (Lipinski definition) is 1. The lowest BCUT2D eigenvalue weighted by molar-refractivity contribution is 0.666. The van der Waals surface area contributed by atoms with E-state index in [0.717, 1.165) is 6.54 Å². The quantitative estimate of drug-likeness (QED) is 0.734. The molecule has 1 aliphatic heterocycles. The van der Waals surface area contributed by atoms with Crippen molar-refractivity contribution in [2.75, 3.05) is 11.9 Å². The Bertz CT molecular complexity index is 330. The van der Waals surface area contributed by atoms with Crippen LogP contribution in [0.15, 0.2) is 12.1 Å². The molecule has 0 unspecified atom stereocenters. The molecule has 1 radical (unpaired) electrons. The van der Waals surface area contributed by atoms with Crippen molar-refractivity contribution in [3.63, 3.8) is 0 Å². The number of rotatable bonds is 5. The van der Waals surface area contributed by atoms with Gasteiger partial charge in [-0.1, -0.05) is 32.3 Å². The molecule has 0 saturated heterocycles. The zero-order chi connectivity index (χ0) is 11.2. The summed E-state index contributed by atoms with van der Waals surface area (Å²) in [6.45, 7) is 3.38. The van der Waals surface area contributed by atoms with Gasteiger partial charge in [0.15, 0.2) is 0 Å². The summed E-state index contributed by atoms with van der Waals surface area (Å²) in [5, 5.41) is 3.43. The van der Waals surface area contributed by atoms with E-state index in [9.17, 15) is 0 Å². The summed E-state index contributed by atoms with van der Waals surface area (Å²) < 4.78 is 0. The summed E-state index contributed by atoms with van der Waals surface area (Å²) in [6, 6.07) is 7.91. The number of hydrogen-bond donors (Lipinski definition) is 1. The molecular weight excluding hydrogens is 194 g/mol. The lowest BCUT2D eigenvalue weighted by atomic mass is 9.98. The van der Waals surface area contributed by atoms with Crippen LogP contribution in [0.2, 0.25) is 0 Å². The van der Waals surface area contributed by atoms with E-state index < -0.39 is 0 Å². The van der Waals surface area contributed by atoms with E-state index in [0.29, 0.717) is 0 Å². The van der Waals surface area contributed by atoms with Crippen molar-refractivity contribution in [2.24, 2.45) is 0 Å². The molecule has 1 aromatic rings. The molecule has 0 aliphatic carbocycles. The first-order valence-corrected chi connectivity index (χ1v) is 6.67. The van der Waals surface area contributed by atoms with Crippen LogP contribution in [0.1, 0.15) is 50.2 Å². The lowest BCUT2D eigenvalue weighted by Gasteiger charge is -2.18. The van der Waals surface area contributed by atoms with Gasteiger partial charge < -0.3 is 5.32 Å². The van der Waals surface area contributed by atoms with E-state index in [1.54, 1.807) is 0 Å². The van der Waals surface area contributed by atoms with Crippen molar-refractivity contribution >= 4 is 5.69 Å². The number of nitrogens with one attached hydrogen (secondary N) is 1. The van der Waals surface area contributed by atoms with Gasteiger partial charge in [0.1, 0.15) is 0 Å². The van der Waals surface area contributed by atoms with Crippen molar-refractivity contribution < 1.29 is 0 Å². The summed E-state index contributed by atoms with van der Waals surface area (Å²) >= 11 is 0. The first-order chi connectivity index (χ1) is 7.90.